The van der Waals surface area contributed by atoms with Gasteiger partial charge in [-0.15, -0.1) is 0 Å². The van der Waals surface area contributed by atoms with Gasteiger partial charge < -0.3 is 4.90 Å². The normalized spacial score (nSPS) is 15.8. The van der Waals surface area contributed by atoms with Gasteiger partial charge >= 0.3 is 0 Å². The van der Waals surface area contributed by atoms with Gasteiger partial charge in [0, 0.05) is 51.6 Å². The Morgan fingerprint density at radius 2 is 1.67 bits per heavy atom. The summed E-state index contributed by atoms with van der Waals surface area (Å²) in [5.74, 6) is -0.727. The first-order valence-corrected chi connectivity index (χ1v) is 16.9. The lowest BCUT2D eigenvalue weighted by Crippen LogP contribution is -2.39. The van der Waals surface area contributed by atoms with E-state index in [1.807, 2.05) is 66.9 Å². The number of aromatic nitrogens is 2. The van der Waals surface area contributed by atoms with Gasteiger partial charge in [-0.2, -0.15) is 5.10 Å². The SMILES string of the molecule is O=C(/C=C/c1cn(-c2ccccc2)nc1-c1ccc(F)cc1)N(Cc1ccc(-c2ccc(Cl)cc2Cl)cc1)C1CCS(=O)(=O)C1. The maximum Gasteiger partial charge on any atom is 0.247 e. The largest absolute Gasteiger partial charge is 0.331 e. The van der Waals surface area contributed by atoms with Gasteiger partial charge in [-0.3, -0.25) is 4.79 Å². The lowest BCUT2D eigenvalue weighted by atomic mass is 10.0. The number of hydrogen-bond donors (Lipinski definition) is 0. The van der Waals surface area contributed by atoms with Gasteiger partial charge in [-0.1, -0.05) is 71.7 Å². The van der Waals surface area contributed by atoms with Gasteiger partial charge in [0.25, 0.3) is 0 Å². The number of carbonyl (C=O) groups excluding carboxylic acids is 1. The molecule has 0 saturated carbocycles. The third-order valence-corrected chi connectivity index (χ3v) is 10.1. The Balaban J connectivity index is 1.30. The van der Waals surface area contributed by atoms with Crippen LogP contribution < -0.4 is 0 Å². The Bertz CT molecular complexity index is 1980. The third-order valence-electron chi connectivity index (χ3n) is 7.77. The van der Waals surface area contributed by atoms with Crippen LogP contribution in [0, 0.1) is 5.82 Å². The summed E-state index contributed by atoms with van der Waals surface area (Å²) in [6.45, 7) is 0.228. The van der Waals surface area contributed by atoms with E-state index in [9.17, 15) is 17.6 Å². The molecule has 6 rings (SSSR count). The van der Waals surface area contributed by atoms with E-state index >= 15 is 0 Å². The van der Waals surface area contributed by atoms with Gasteiger partial charge in [-0.05, 0) is 72.2 Å². The number of para-hydroxylation sites is 1. The van der Waals surface area contributed by atoms with Gasteiger partial charge in [0.05, 0.1) is 22.9 Å². The van der Waals surface area contributed by atoms with E-state index in [1.165, 1.54) is 18.2 Å². The van der Waals surface area contributed by atoms with E-state index in [2.05, 4.69) is 0 Å². The van der Waals surface area contributed by atoms with Gasteiger partial charge in [0.1, 0.15) is 5.82 Å². The van der Waals surface area contributed by atoms with Crippen LogP contribution >= 0.6 is 23.2 Å². The zero-order valence-corrected chi connectivity index (χ0v) is 26.3. The second kappa shape index (κ2) is 13.0. The molecule has 1 saturated heterocycles. The van der Waals surface area contributed by atoms with Crippen molar-refractivity contribution in [2.24, 2.45) is 0 Å². The molecule has 6 nitrogen and oxygen atoms in total. The molecular formula is C35H28Cl2FN3O3S. The number of benzene rings is 4. The predicted molar refractivity (Wildman–Crippen MR) is 177 cm³/mol. The summed E-state index contributed by atoms with van der Waals surface area (Å²) in [6.07, 6.45) is 5.30. The highest BCUT2D eigenvalue weighted by Gasteiger charge is 2.34. The lowest BCUT2D eigenvalue weighted by molar-refractivity contribution is -0.128. The Hall–Kier alpha value is -4.24. The third kappa shape index (κ3) is 7.20. The van der Waals surface area contributed by atoms with Crippen LogP contribution in [0.4, 0.5) is 4.39 Å². The fourth-order valence-electron chi connectivity index (χ4n) is 5.43. The summed E-state index contributed by atoms with van der Waals surface area (Å²) in [5.41, 5.74) is 5.32. The van der Waals surface area contributed by atoms with Crippen molar-refractivity contribution in [3.63, 3.8) is 0 Å². The first-order chi connectivity index (χ1) is 21.6. The van der Waals surface area contributed by atoms with Crippen LogP contribution in [0.1, 0.15) is 17.5 Å². The molecular weight excluding hydrogens is 632 g/mol. The number of nitrogens with zero attached hydrogens (tertiary/aromatic N) is 3. The van der Waals surface area contributed by atoms with E-state index in [-0.39, 0.29) is 29.8 Å². The smallest absolute Gasteiger partial charge is 0.247 e. The molecule has 2 heterocycles. The Morgan fingerprint density at radius 3 is 2.33 bits per heavy atom. The number of rotatable bonds is 8. The number of halogens is 3. The van der Waals surface area contributed by atoms with Crippen LogP contribution in [0.2, 0.25) is 10.0 Å². The van der Waals surface area contributed by atoms with Crippen molar-refractivity contribution in [1.29, 1.82) is 0 Å². The van der Waals surface area contributed by atoms with Crippen molar-refractivity contribution in [3.8, 4) is 28.1 Å². The van der Waals surface area contributed by atoms with Crippen molar-refractivity contribution < 1.29 is 17.6 Å². The van der Waals surface area contributed by atoms with Crippen molar-refractivity contribution in [1.82, 2.24) is 14.7 Å². The first-order valence-electron chi connectivity index (χ1n) is 14.3. The van der Waals surface area contributed by atoms with E-state index in [0.717, 1.165) is 22.4 Å². The summed E-state index contributed by atoms with van der Waals surface area (Å²) >= 11 is 12.4. The summed E-state index contributed by atoms with van der Waals surface area (Å²) in [4.78, 5) is 15.4. The fourth-order valence-corrected chi connectivity index (χ4v) is 7.68. The molecule has 1 aliphatic heterocycles. The predicted octanol–water partition coefficient (Wildman–Crippen LogP) is 7.88. The molecule has 1 unspecified atom stereocenters. The highest BCUT2D eigenvalue weighted by atomic mass is 35.5. The highest BCUT2D eigenvalue weighted by molar-refractivity contribution is 7.91. The van der Waals surface area contributed by atoms with Crippen molar-refractivity contribution in [3.05, 3.63) is 136 Å². The Kier molecular flexibility index (Phi) is 8.90. The molecule has 0 N–H and O–H groups in total. The fraction of sp³-hybridized carbons (Fsp3) is 0.143. The van der Waals surface area contributed by atoms with Gasteiger partial charge in [0.2, 0.25) is 5.91 Å². The molecule has 5 aromatic rings. The van der Waals surface area contributed by atoms with Crippen molar-refractivity contribution in [2.45, 2.75) is 19.0 Å². The molecule has 45 heavy (non-hydrogen) atoms. The standard InChI is InChI=1S/C35H28Cl2FN3O3S/c36-28-13-16-32(33(37)20-28)25-8-6-24(7-9-25)21-40(31-18-19-45(43,44)23-31)34(42)17-12-27-22-41(30-4-2-1-3-5-30)39-35(27)26-10-14-29(38)15-11-26/h1-17,20,22,31H,18-19,21,23H2/b17-12+. The minimum Gasteiger partial charge on any atom is -0.331 e. The van der Waals surface area contributed by atoms with Crippen molar-refractivity contribution in [2.75, 3.05) is 11.5 Å². The molecule has 1 aliphatic rings. The zero-order chi connectivity index (χ0) is 31.6. The average Bonchev–Trinajstić information content (AvgIpc) is 3.63. The molecule has 0 aliphatic carbocycles. The van der Waals surface area contributed by atoms with Crippen LogP contribution in [-0.2, 0) is 21.2 Å². The number of amides is 1. The minimum absolute atomic E-state index is 0.0394. The molecule has 1 aromatic heterocycles. The number of carbonyl (C=O) groups is 1. The highest BCUT2D eigenvalue weighted by Crippen LogP contribution is 2.31. The number of sulfone groups is 1. The number of hydrogen-bond acceptors (Lipinski definition) is 4. The lowest BCUT2D eigenvalue weighted by Gasteiger charge is -2.27. The minimum atomic E-state index is -3.25. The van der Waals surface area contributed by atoms with Gasteiger partial charge in [-0.25, -0.2) is 17.5 Å². The molecule has 4 aromatic carbocycles. The topological polar surface area (TPSA) is 72.3 Å². The second-order valence-electron chi connectivity index (χ2n) is 10.9. The summed E-state index contributed by atoms with van der Waals surface area (Å²) < 4.78 is 40.2. The van der Waals surface area contributed by atoms with Crippen LogP contribution in [0.3, 0.4) is 0 Å². The van der Waals surface area contributed by atoms with E-state index in [4.69, 9.17) is 28.3 Å². The van der Waals surface area contributed by atoms with Crippen LogP contribution in [-0.4, -0.2) is 46.6 Å². The van der Waals surface area contributed by atoms with E-state index < -0.39 is 15.9 Å². The molecule has 10 heteroatoms. The molecule has 0 spiro atoms. The summed E-state index contributed by atoms with van der Waals surface area (Å²) in [7, 11) is -3.25. The Labute approximate surface area is 271 Å². The summed E-state index contributed by atoms with van der Waals surface area (Å²) in [5, 5.41) is 5.81. The summed E-state index contributed by atoms with van der Waals surface area (Å²) in [6, 6.07) is 28.0. The van der Waals surface area contributed by atoms with Gasteiger partial charge in [0.15, 0.2) is 9.84 Å². The molecule has 1 fully saturated rings. The molecule has 0 radical (unpaired) electrons. The van der Waals surface area contributed by atoms with Crippen molar-refractivity contribution >= 4 is 45.0 Å². The average molecular weight is 661 g/mol. The first kappa shape index (κ1) is 30.8. The molecule has 1 amide bonds. The van der Waals surface area contributed by atoms with Crippen LogP contribution in [0.5, 0.6) is 0 Å². The van der Waals surface area contributed by atoms with Crippen LogP contribution in [0.25, 0.3) is 34.1 Å². The monoisotopic (exact) mass is 659 g/mol. The maximum atomic E-state index is 13.8. The molecule has 228 valence electrons. The molecule has 0 bridgehead atoms. The van der Waals surface area contributed by atoms with Crippen LogP contribution in [0.15, 0.2) is 109 Å². The van der Waals surface area contributed by atoms with E-state index in [1.54, 1.807) is 39.9 Å². The zero-order valence-electron chi connectivity index (χ0n) is 24.0. The maximum absolute atomic E-state index is 13.8. The second-order valence-corrected chi connectivity index (χ2v) is 14.0. The van der Waals surface area contributed by atoms with E-state index in [0.29, 0.717) is 33.3 Å². The quantitative estimate of drug-likeness (QED) is 0.159. The Morgan fingerprint density at radius 1 is 0.956 bits per heavy atom. The molecule has 1 atom stereocenters.